The summed E-state index contributed by atoms with van der Waals surface area (Å²) >= 11 is 19.9. The molecule has 0 fully saturated rings. The Labute approximate surface area is 232 Å². The molecule has 192 valence electrons. The third kappa shape index (κ3) is 6.67. The Morgan fingerprint density at radius 1 is 1.03 bits per heavy atom. The minimum atomic E-state index is -0.576. The van der Waals surface area contributed by atoms with Gasteiger partial charge in [0.2, 0.25) is 6.54 Å². The Morgan fingerprint density at radius 2 is 1.78 bits per heavy atom. The largest absolute Gasteiger partial charge is 0.497 e. The van der Waals surface area contributed by atoms with Crippen molar-refractivity contribution in [2.45, 2.75) is 23.9 Å². The number of benzene rings is 3. The second kappa shape index (κ2) is 12.0. The molecule has 37 heavy (non-hydrogen) atoms. The van der Waals surface area contributed by atoms with Gasteiger partial charge in [0.25, 0.3) is 0 Å². The standard InChI is InChI=1S/C25H21Cl3N4O4S/c1-15-29-30-25(32(15)19-6-8-20(35-2)9-7-19)37-24(13-31(33)34)16-4-10-23(22(28)11-16)36-14-17-3-5-18(26)12-21(17)27/h3-12,24H,13-14H2,1-2H3/t24-/m0/s1. The fourth-order valence-corrected chi connectivity index (χ4v) is 5.42. The number of hydrogen-bond acceptors (Lipinski definition) is 7. The zero-order valence-electron chi connectivity index (χ0n) is 19.7. The Hall–Kier alpha value is -2.98. The zero-order valence-corrected chi connectivity index (χ0v) is 22.8. The fourth-order valence-electron chi connectivity index (χ4n) is 3.55. The molecule has 8 nitrogen and oxygen atoms in total. The van der Waals surface area contributed by atoms with E-state index in [1.54, 1.807) is 43.5 Å². The van der Waals surface area contributed by atoms with Gasteiger partial charge in [-0.15, -0.1) is 10.2 Å². The molecule has 0 aliphatic rings. The van der Waals surface area contributed by atoms with Gasteiger partial charge in [0.15, 0.2) is 5.16 Å². The molecule has 0 aliphatic heterocycles. The molecule has 0 bridgehead atoms. The smallest absolute Gasteiger partial charge is 0.220 e. The molecule has 0 unspecified atom stereocenters. The van der Waals surface area contributed by atoms with Crippen LogP contribution in [0, 0.1) is 17.0 Å². The van der Waals surface area contributed by atoms with Gasteiger partial charge in [0.05, 0.1) is 12.1 Å². The summed E-state index contributed by atoms with van der Waals surface area (Å²) in [5, 5.41) is 21.3. The second-order valence-corrected chi connectivity index (χ2v) is 10.3. The van der Waals surface area contributed by atoms with Crippen molar-refractivity contribution in [3.05, 3.63) is 103 Å². The summed E-state index contributed by atoms with van der Waals surface area (Å²) in [5.41, 5.74) is 2.22. The highest BCUT2D eigenvalue weighted by Gasteiger charge is 2.25. The maximum absolute atomic E-state index is 11.5. The van der Waals surface area contributed by atoms with Crippen LogP contribution in [0.1, 0.15) is 22.2 Å². The van der Waals surface area contributed by atoms with Gasteiger partial charge in [-0.1, -0.05) is 58.7 Å². The molecule has 0 aliphatic carbocycles. The first-order chi connectivity index (χ1) is 17.7. The highest BCUT2D eigenvalue weighted by molar-refractivity contribution is 7.99. The number of halogens is 3. The van der Waals surface area contributed by atoms with Crippen molar-refractivity contribution in [2.75, 3.05) is 13.7 Å². The molecule has 1 atom stereocenters. The Bertz CT molecular complexity index is 1420. The molecular weight excluding hydrogens is 559 g/mol. The van der Waals surface area contributed by atoms with E-state index in [0.717, 1.165) is 11.3 Å². The van der Waals surface area contributed by atoms with Crippen molar-refractivity contribution in [1.29, 1.82) is 0 Å². The molecule has 0 spiro atoms. The van der Waals surface area contributed by atoms with Crippen molar-refractivity contribution in [1.82, 2.24) is 14.8 Å². The number of rotatable bonds is 10. The number of ether oxygens (including phenoxy) is 2. The summed E-state index contributed by atoms with van der Waals surface area (Å²) in [6.07, 6.45) is 0. The maximum atomic E-state index is 11.5. The van der Waals surface area contributed by atoms with E-state index in [1.165, 1.54) is 11.8 Å². The molecule has 4 aromatic rings. The van der Waals surface area contributed by atoms with E-state index in [2.05, 4.69) is 10.2 Å². The molecule has 0 saturated heterocycles. The monoisotopic (exact) mass is 578 g/mol. The van der Waals surface area contributed by atoms with Crippen LogP contribution in [0.3, 0.4) is 0 Å². The molecule has 12 heteroatoms. The van der Waals surface area contributed by atoms with Crippen LogP contribution >= 0.6 is 46.6 Å². The van der Waals surface area contributed by atoms with Crippen molar-refractivity contribution < 1.29 is 14.4 Å². The fraction of sp³-hybridized carbons (Fsp3) is 0.200. The summed E-state index contributed by atoms with van der Waals surface area (Å²) in [6, 6.07) is 17.7. The van der Waals surface area contributed by atoms with Crippen LogP contribution < -0.4 is 9.47 Å². The van der Waals surface area contributed by atoms with Crippen molar-refractivity contribution in [3.63, 3.8) is 0 Å². The van der Waals surface area contributed by atoms with Crippen molar-refractivity contribution in [3.8, 4) is 17.2 Å². The molecule has 0 saturated carbocycles. The summed E-state index contributed by atoms with van der Waals surface area (Å²) in [4.78, 5) is 11.2. The first-order valence-corrected chi connectivity index (χ1v) is 13.0. The first kappa shape index (κ1) is 27.1. The van der Waals surface area contributed by atoms with E-state index in [1.807, 2.05) is 35.8 Å². The van der Waals surface area contributed by atoms with E-state index in [4.69, 9.17) is 44.3 Å². The van der Waals surface area contributed by atoms with E-state index < -0.39 is 5.25 Å². The van der Waals surface area contributed by atoms with Crippen LogP contribution in [0.2, 0.25) is 15.1 Å². The average molecular weight is 580 g/mol. The van der Waals surface area contributed by atoms with Crippen LogP contribution in [0.15, 0.2) is 65.8 Å². The van der Waals surface area contributed by atoms with Crippen LogP contribution in [-0.2, 0) is 6.61 Å². The van der Waals surface area contributed by atoms with Gasteiger partial charge in [-0.3, -0.25) is 14.7 Å². The number of nitrogens with zero attached hydrogens (tertiary/aromatic N) is 4. The predicted molar refractivity (Wildman–Crippen MR) is 145 cm³/mol. The minimum absolute atomic E-state index is 0.187. The van der Waals surface area contributed by atoms with Crippen LogP contribution in [0.25, 0.3) is 5.69 Å². The van der Waals surface area contributed by atoms with Crippen molar-refractivity contribution in [2.24, 2.45) is 0 Å². The first-order valence-electron chi connectivity index (χ1n) is 11.0. The van der Waals surface area contributed by atoms with Gasteiger partial charge in [0, 0.05) is 26.2 Å². The molecule has 4 rings (SSSR count). The van der Waals surface area contributed by atoms with Crippen LogP contribution in [-0.4, -0.2) is 33.3 Å². The number of aromatic nitrogens is 3. The van der Waals surface area contributed by atoms with E-state index >= 15 is 0 Å². The lowest BCUT2D eigenvalue weighted by Crippen LogP contribution is -2.11. The lowest BCUT2D eigenvalue weighted by molar-refractivity contribution is -0.479. The molecule has 0 amide bonds. The normalized spacial score (nSPS) is 11.8. The number of methoxy groups -OCH3 is 1. The van der Waals surface area contributed by atoms with E-state index in [9.17, 15) is 10.1 Å². The maximum Gasteiger partial charge on any atom is 0.220 e. The van der Waals surface area contributed by atoms with Crippen LogP contribution in [0.5, 0.6) is 11.5 Å². The van der Waals surface area contributed by atoms with Crippen molar-refractivity contribution >= 4 is 46.6 Å². The quantitative estimate of drug-likeness (QED) is 0.111. The van der Waals surface area contributed by atoms with Gasteiger partial charge in [0.1, 0.15) is 29.2 Å². The SMILES string of the molecule is COc1ccc(-n2c(C)nnc2S[C@@H](C[N+](=O)[O-])c2ccc(OCc3ccc(Cl)cc3Cl)c(Cl)c2)cc1. The lowest BCUT2D eigenvalue weighted by atomic mass is 10.1. The van der Waals surface area contributed by atoms with Gasteiger partial charge >= 0.3 is 0 Å². The molecule has 0 radical (unpaired) electrons. The Morgan fingerprint density at radius 3 is 2.43 bits per heavy atom. The molecule has 3 aromatic carbocycles. The summed E-state index contributed by atoms with van der Waals surface area (Å²) in [7, 11) is 1.59. The predicted octanol–water partition coefficient (Wildman–Crippen LogP) is 7.23. The third-order valence-electron chi connectivity index (χ3n) is 5.41. The van der Waals surface area contributed by atoms with Gasteiger partial charge in [-0.25, -0.2) is 0 Å². The zero-order chi connectivity index (χ0) is 26.5. The van der Waals surface area contributed by atoms with Gasteiger partial charge in [-0.05, 0) is 61.0 Å². The molecular formula is C25H21Cl3N4O4S. The summed E-state index contributed by atoms with van der Waals surface area (Å²) < 4.78 is 12.9. The molecule has 1 heterocycles. The third-order valence-corrected chi connectivity index (χ3v) is 7.48. The van der Waals surface area contributed by atoms with E-state index in [-0.39, 0.29) is 18.1 Å². The Balaban J connectivity index is 1.57. The van der Waals surface area contributed by atoms with E-state index in [0.29, 0.717) is 43.1 Å². The highest BCUT2D eigenvalue weighted by Crippen LogP contribution is 2.39. The number of aryl methyl sites for hydroxylation is 1. The Kier molecular flexibility index (Phi) is 8.81. The molecule has 1 aromatic heterocycles. The summed E-state index contributed by atoms with van der Waals surface area (Å²) in [5.74, 6) is 1.79. The lowest BCUT2D eigenvalue weighted by Gasteiger charge is -2.16. The number of thioether (sulfide) groups is 1. The topological polar surface area (TPSA) is 92.3 Å². The average Bonchev–Trinajstić information content (AvgIpc) is 3.23. The summed E-state index contributed by atoms with van der Waals surface area (Å²) in [6.45, 7) is 1.67. The van der Waals surface area contributed by atoms with Gasteiger partial charge < -0.3 is 9.47 Å². The van der Waals surface area contributed by atoms with Gasteiger partial charge in [-0.2, -0.15) is 0 Å². The second-order valence-electron chi connectivity index (χ2n) is 7.90. The molecule has 0 N–H and O–H groups in total. The van der Waals surface area contributed by atoms with Crippen LogP contribution in [0.4, 0.5) is 0 Å². The minimum Gasteiger partial charge on any atom is -0.497 e. The number of hydrogen-bond donors (Lipinski definition) is 0. The number of nitro groups is 1. The highest BCUT2D eigenvalue weighted by atomic mass is 35.5.